The molecule has 2 aromatic rings. The number of nitrogens with one attached hydrogen (secondary N) is 2. The van der Waals surface area contributed by atoms with Gasteiger partial charge in [-0.05, 0) is 50.0 Å². The van der Waals surface area contributed by atoms with Gasteiger partial charge >= 0.3 is 6.09 Å². The van der Waals surface area contributed by atoms with Crippen LogP contribution in [0.2, 0.25) is 0 Å². The number of nitrogens with zero attached hydrogens (tertiary/aromatic N) is 3. The molecule has 3 rings (SSSR count). The number of hydrogen-bond acceptors (Lipinski definition) is 5. The molecule has 1 saturated heterocycles. The molecule has 164 valence electrons. The lowest BCUT2D eigenvalue weighted by atomic mass is 10.0. The number of anilines is 2. The molecule has 0 aromatic carbocycles. The summed E-state index contributed by atoms with van der Waals surface area (Å²) in [5.41, 5.74) is 1.63. The summed E-state index contributed by atoms with van der Waals surface area (Å²) in [7, 11) is 1.48. The summed E-state index contributed by atoms with van der Waals surface area (Å²) in [5.74, 6) is -0.256. The van der Waals surface area contributed by atoms with E-state index in [1.165, 1.54) is 12.0 Å². The number of rotatable bonds is 5. The van der Waals surface area contributed by atoms with E-state index in [1.54, 1.807) is 19.3 Å². The van der Waals surface area contributed by atoms with Gasteiger partial charge in [-0.2, -0.15) is 0 Å². The van der Waals surface area contributed by atoms with Gasteiger partial charge in [0.15, 0.2) is 0 Å². The monoisotopic (exact) mass is 481 g/mol. The Balaban J connectivity index is 1.96. The average Bonchev–Trinajstić information content (AvgIpc) is 3.27. The van der Waals surface area contributed by atoms with Crippen LogP contribution in [0.5, 0.6) is 0 Å². The number of carbonyl (C=O) groups is 2. The molecular weight excluding hydrogens is 454 g/mol. The number of hydrogen-bond donors (Lipinski definition) is 3. The van der Waals surface area contributed by atoms with Crippen molar-refractivity contribution in [1.29, 1.82) is 0 Å². The SMILES string of the molecule is CO[C@H](C)C(=O)Nc1c[nH]c2ncc(Br)c(N3CC[C@@H](N(C(=O)O)C(C)(C)C)C3)c12. The van der Waals surface area contributed by atoms with Crippen LogP contribution in [-0.2, 0) is 9.53 Å². The Kier molecular flexibility index (Phi) is 6.28. The van der Waals surface area contributed by atoms with E-state index in [9.17, 15) is 14.7 Å². The van der Waals surface area contributed by atoms with Crippen LogP contribution in [0.15, 0.2) is 16.9 Å². The Bertz CT molecular complexity index is 955. The van der Waals surface area contributed by atoms with Gasteiger partial charge in [-0.15, -0.1) is 0 Å². The number of pyridine rings is 1. The Labute approximate surface area is 183 Å². The highest BCUT2D eigenvalue weighted by molar-refractivity contribution is 9.10. The topological polar surface area (TPSA) is 111 Å². The van der Waals surface area contributed by atoms with Gasteiger partial charge < -0.3 is 25.0 Å². The Morgan fingerprint density at radius 1 is 1.47 bits per heavy atom. The highest BCUT2D eigenvalue weighted by Crippen LogP contribution is 2.40. The normalized spacial score (nSPS) is 17.9. The van der Waals surface area contributed by atoms with E-state index in [-0.39, 0.29) is 11.9 Å². The fourth-order valence-electron chi connectivity index (χ4n) is 3.95. The summed E-state index contributed by atoms with van der Waals surface area (Å²) in [5, 5.41) is 13.4. The Morgan fingerprint density at radius 3 is 2.77 bits per heavy atom. The Morgan fingerprint density at radius 2 is 2.17 bits per heavy atom. The molecule has 0 unspecified atom stereocenters. The number of aromatic amines is 1. The minimum absolute atomic E-state index is 0.136. The molecule has 3 N–H and O–H groups in total. The summed E-state index contributed by atoms with van der Waals surface area (Å²) >= 11 is 3.60. The molecule has 1 fully saturated rings. The van der Waals surface area contributed by atoms with Crippen molar-refractivity contribution in [2.75, 3.05) is 30.4 Å². The first-order valence-corrected chi connectivity index (χ1v) is 10.6. The fraction of sp³-hybridized carbons (Fsp3) is 0.550. The number of carbonyl (C=O) groups excluding carboxylic acids is 1. The smallest absolute Gasteiger partial charge is 0.408 e. The zero-order valence-corrected chi connectivity index (χ0v) is 19.4. The van der Waals surface area contributed by atoms with Crippen LogP contribution in [0.3, 0.4) is 0 Å². The fourth-order valence-corrected chi connectivity index (χ4v) is 4.50. The van der Waals surface area contributed by atoms with Crippen LogP contribution in [0, 0.1) is 0 Å². The molecule has 2 aromatic heterocycles. The van der Waals surface area contributed by atoms with Crippen molar-refractivity contribution in [3.63, 3.8) is 0 Å². The molecule has 0 spiro atoms. The molecule has 1 aliphatic rings. The predicted octanol–water partition coefficient (Wildman–Crippen LogP) is 3.66. The van der Waals surface area contributed by atoms with E-state index in [0.29, 0.717) is 30.8 Å². The third-order valence-corrected chi connectivity index (χ3v) is 5.96. The maximum Gasteiger partial charge on any atom is 0.408 e. The second-order valence-electron chi connectivity index (χ2n) is 8.46. The highest BCUT2D eigenvalue weighted by Gasteiger charge is 2.38. The first-order chi connectivity index (χ1) is 14.0. The molecule has 3 heterocycles. The van der Waals surface area contributed by atoms with E-state index in [2.05, 4.69) is 36.1 Å². The lowest BCUT2D eigenvalue weighted by molar-refractivity contribution is -0.124. The van der Waals surface area contributed by atoms with Gasteiger partial charge in [0.1, 0.15) is 11.8 Å². The molecule has 30 heavy (non-hydrogen) atoms. The first-order valence-electron chi connectivity index (χ1n) is 9.81. The molecular formula is C20H28BrN5O4. The number of halogens is 1. The van der Waals surface area contributed by atoms with Crippen molar-refractivity contribution >= 4 is 50.3 Å². The van der Waals surface area contributed by atoms with Crippen LogP contribution >= 0.6 is 15.9 Å². The molecule has 0 aliphatic carbocycles. The lowest BCUT2D eigenvalue weighted by Gasteiger charge is -2.38. The van der Waals surface area contributed by atoms with Crippen molar-refractivity contribution in [2.45, 2.75) is 51.8 Å². The molecule has 0 radical (unpaired) electrons. The van der Waals surface area contributed by atoms with Crippen molar-refractivity contribution in [3.8, 4) is 0 Å². The minimum atomic E-state index is -0.920. The van der Waals surface area contributed by atoms with E-state index < -0.39 is 17.7 Å². The van der Waals surface area contributed by atoms with Gasteiger partial charge in [-0.25, -0.2) is 9.78 Å². The zero-order valence-electron chi connectivity index (χ0n) is 17.8. The molecule has 0 saturated carbocycles. The van der Waals surface area contributed by atoms with E-state index >= 15 is 0 Å². The number of aromatic nitrogens is 2. The van der Waals surface area contributed by atoms with Crippen LogP contribution in [0.1, 0.15) is 34.1 Å². The summed E-state index contributed by atoms with van der Waals surface area (Å²) < 4.78 is 5.88. The van der Waals surface area contributed by atoms with E-state index in [1.807, 2.05) is 20.8 Å². The number of ether oxygens (including phenoxy) is 1. The second kappa shape index (κ2) is 8.43. The first kappa shape index (κ1) is 22.4. The standard InChI is InChI=1S/C20H28BrN5O4/c1-11(30-5)18(27)24-14-9-23-17-15(14)16(13(21)8-22-17)25-7-6-12(10-25)26(19(28)29)20(2,3)4/h8-9,11-12H,6-7,10H2,1-5H3,(H,22,23)(H,24,27)(H,28,29)/t11-,12-/m1/s1. The van der Waals surface area contributed by atoms with E-state index in [4.69, 9.17) is 4.74 Å². The predicted molar refractivity (Wildman–Crippen MR) is 119 cm³/mol. The Hall–Kier alpha value is -2.33. The molecule has 9 nitrogen and oxygen atoms in total. The molecule has 0 bridgehead atoms. The molecule has 2 amide bonds. The van der Waals surface area contributed by atoms with Crippen LogP contribution in [0.4, 0.5) is 16.2 Å². The van der Waals surface area contributed by atoms with Gasteiger partial charge in [0.05, 0.1) is 27.3 Å². The number of methoxy groups -OCH3 is 1. The second-order valence-corrected chi connectivity index (χ2v) is 9.31. The highest BCUT2D eigenvalue weighted by atomic mass is 79.9. The number of carboxylic acid groups (broad SMARTS) is 1. The largest absolute Gasteiger partial charge is 0.465 e. The lowest BCUT2D eigenvalue weighted by Crippen LogP contribution is -2.52. The molecule has 2 atom stereocenters. The van der Waals surface area contributed by atoms with Crippen LogP contribution < -0.4 is 10.2 Å². The van der Waals surface area contributed by atoms with Gasteiger partial charge in [0, 0.05) is 38.1 Å². The summed E-state index contributed by atoms with van der Waals surface area (Å²) in [6.07, 6.45) is 2.62. The molecule has 10 heteroatoms. The van der Waals surface area contributed by atoms with Crippen molar-refractivity contribution in [1.82, 2.24) is 14.9 Å². The van der Waals surface area contributed by atoms with Crippen molar-refractivity contribution in [3.05, 3.63) is 16.9 Å². The third-order valence-electron chi connectivity index (χ3n) is 5.38. The van der Waals surface area contributed by atoms with E-state index in [0.717, 1.165) is 15.5 Å². The number of amides is 2. The summed E-state index contributed by atoms with van der Waals surface area (Å²) in [6.45, 7) is 8.63. The maximum atomic E-state index is 12.4. The maximum absolute atomic E-state index is 12.4. The minimum Gasteiger partial charge on any atom is -0.465 e. The summed E-state index contributed by atoms with van der Waals surface area (Å²) in [6, 6.07) is -0.136. The summed E-state index contributed by atoms with van der Waals surface area (Å²) in [4.78, 5) is 35.4. The van der Waals surface area contributed by atoms with Crippen molar-refractivity contribution < 1.29 is 19.4 Å². The van der Waals surface area contributed by atoms with Crippen LogP contribution in [-0.4, -0.2) is 69.9 Å². The average molecular weight is 482 g/mol. The van der Waals surface area contributed by atoms with Gasteiger partial charge in [0.2, 0.25) is 0 Å². The third kappa shape index (κ3) is 4.24. The number of H-pyrrole nitrogens is 1. The van der Waals surface area contributed by atoms with Gasteiger partial charge in [0.25, 0.3) is 5.91 Å². The van der Waals surface area contributed by atoms with Crippen molar-refractivity contribution in [2.24, 2.45) is 0 Å². The zero-order chi connectivity index (χ0) is 22.2. The quantitative estimate of drug-likeness (QED) is 0.600. The van der Waals surface area contributed by atoms with Crippen LogP contribution in [0.25, 0.3) is 11.0 Å². The van der Waals surface area contributed by atoms with Gasteiger partial charge in [-0.3, -0.25) is 9.69 Å². The number of fused-ring (bicyclic) bond motifs is 1. The van der Waals surface area contributed by atoms with Gasteiger partial charge in [-0.1, -0.05) is 0 Å². The molecule has 1 aliphatic heterocycles.